The van der Waals surface area contributed by atoms with Crippen molar-refractivity contribution >= 4 is 10.9 Å². The summed E-state index contributed by atoms with van der Waals surface area (Å²) in [6, 6.07) is 4.82. The molecule has 1 saturated carbocycles. The van der Waals surface area contributed by atoms with Crippen molar-refractivity contribution < 1.29 is 4.39 Å². The molecule has 0 spiro atoms. The standard InChI is InChI=1S/C13H13FN2O/c1-2-11-15-10-5-3-4-9(14)12(10)13(17)16(11)8-6-7-8/h3-5,8H,2,6-7H2,1H3. The Bertz CT molecular complexity index is 644. The molecule has 1 fully saturated rings. The summed E-state index contributed by atoms with van der Waals surface area (Å²) >= 11 is 0. The van der Waals surface area contributed by atoms with E-state index in [-0.39, 0.29) is 17.0 Å². The van der Waals surface area contributed by atoms with Crippen molar-refractivity contribution in [3.8, 4) is 0 Å². The lowest BCUT2D eigenvalue weighted by Crippen LogP contribution is -2.25. The minimum atomic E-state index is -0.475. The average molecular weight is 232 g/mol. The molecule has 4 heteroatoms. The van der Waals surface area contributed by atoms with E-state index in [1.165, 1.54) is 6.07 Å². The molecule has 1 aromatic carbocycles. The first-order valence-corrected chi connectivity index (χ1v) is 5.92. The van der Waals surface area contributed by atoms with E-state index in [0.717, 1.165) is 18.7 Å². The van der Waals surface area contributed by atoms with Crippen molar-refractivity contribution in [2.75, 3.05) is 0 Å². The van der Waals surface area contributed by atoms with E-state index in [1.54, 1.807) is 16.7 Å². The van der Waals surface area contributed by atoms with Crippen LogP contribution in [0.2, 0.25) is 0 Å². The molecule has 0 saturated heterocycles. The zero-order valence-electron chi connectivity index (χ0n) is 9.61. The van der Waals surface area contributed by atoms with Crippen LogP contribution in [0, 0.1) is 5.82 Å². The molecule has 0 aliphatic heterocycles. The monoisotopic (exact) mass is 232 g/mol. The number of aromatic nitrogens is 2. The zero-order valence-corrected chi connectivity index (χ0v) is 9.61. The van der Waals surface area contributed by atoms with Gasteiger partial charge in [0, 0.05) is 12.5 Å². The van der Waals surface area contributed by atoms with Gasteiger partial charge in [-0.15, -0.1) is 0 Å². The van der Waals surface area contributed by atoms with E-state index in [0.29, 0.717) is 11.9 Å². The number of hydrogen-bond donors (Lipinski definition) is 0. The molecule has 2 aromatic rings. The third-order valence-corrected chi connectivity index (χ3v) is 3.18. The fourth-order valence-corrected chi connectivity index (χ4v) is 2.21. The van der Waals surface area contributed by atoms with Gasteiger partial charge in [0.05, 0.1) is 5.52 Å². The summed E-state index contributed by atoms with van der Waals surface area (Å²) in [6.45, 7) is 1.96. The first-order chi connectivity index (χ1) is 8.22. The number of benzene rings is 1. The van der Waals surface area contributed by atoms with Crippen molar-refractivity contribution in [3.05, 3.63) is 40.2 Å². The van der Waals surface area contributed by atoms with Crippen LogP contribution in [0.25, 0.3) is 10.9 Å². The topological polar surface area (TPSA) is 34.9 Å². The van der Waals surface area contributed by atoms with Crippen LogP contribution in [0.3, 0.4) is 0 Å². The fourth-order valence-electron chi connectivity index (χ4n) is 2.21. The lowest BCUT2D eigenvalue weighted by molar-refractivity contribution is 0.620. The average Bonchev–Trinajstić information content (AvgIpc) is 3.12. The van der Waals surface area contributed by atoms with Crippen LogP contribution in [0.15, 0.2) is 23.0 Å². The second-order valence-corrected chi connectivity index (χ2v) is 4.42. The van der Waals surface area contributed by atoms with Gasteiger partial charge >= 0.3 is 0 Å². The van der Waals surface area contributed by atoms with Crippen LogP contribution >= 0.6 is 0 Å². The van der Waals surface area contributed by atoms with Crippen LogP contribution in [0.5, 0.6) is 0 Å². The van der Waals surface area contributed by atoms with Crippen molar-refractivity contribution in [3.63, 3.8) is 0 Å². The van der Waals surface area contributed by atoms with Gasteiger partial charge in [-0.1, -0.05) is 13.0 Å². The molecular weight excluding hydrogens is 219 g/mol. The van der Waals surface area contributed by atoms with Crippen molar-refractivity contribution in [2.24, 2.45) is 0 Å². The maximum atomic E-state index is 13.7. The van der Waals surface area contributed by atoms with Crippen LogP contribution in [-0.4, -0.2) is 9.55 Å². The highest BCUT2D eigenvalue weighted by Crippen LogP contribution is 2.34. The van der Waals surface area contributed by atoms with Crippen molar-refractivity contribution in [1.29, 1.82) is 0 Å². The number of hydrogen-bond acceptors (Lipinski definition) is 2. The van der Waals surface area contributed by atoms with Gasteiger partial charge in [0.15, 0.2) is 0 Å². The second-order valence-electron chi connectivity index (χ2n) is 4.42. The van der Waals surface area contributed by atoms with E-state index < -0.39 is 5.82 Å². The van der Waals surface area contributed by atoms with Gasteiger partial charge < -0.3 is 0 Å². The van der Waals surface area contributed by atoms with Gasteiger partial charge in [0.2, 0.25) is 0 Å². The minimum absolute atomic E-state index is 0.122. The Hall–Kier alpha value is -1.71. The maximum absolute atomic E-state index is 13.7. The number of halogens is 1. The summed E-state index contributed by atoms with van der Waals surface area (Å²) in [6.07, 6.45) is 2.68. The third-order valence-electron chi connectivity index (χ3n) is 3.18. The van der Waals surface area contributed by atoms with Crippen LogP contribution in [0.4, 0.5) is 4.39 Å². The minimum Gasteiger partial charge on any atom is -0.293 e. The number of aryl methyl sites for hydroxylation is 1. The molecule has 0 bridgehead atoms. The molecule has 17 heavy (non-hydrogen) atoms. The van der Waals surface area contributed by atoms with E-state index >= 15 is 0 Å². The van der Waals surface area contributed by atoms with Crippen LogP contribution < -0.4 is 5.56 Å². The Morgan fingerprint density at radius 1 is 1.47 bits per heavy atom. The lowest BCUT2D eigenvalue weighted by atomic mass is 10.2. The highest BCUT2D eigenvalue weighted by molar-refractivity contribution is 5.78. The molecule has 1 heterocycles. The van der Waals surface area contributed by atoms with E-state index in [4.69, 9.17) is 0 Å². The van der Waals surface area contributed by atoms with Crippen LogP contribution in [-0.2, 0) is 6.42 Å². The normalized spacial score (nSPS) is 15.4. The molecule has 3 nitrogen and oxygen atoms in total. The van der Waals surface area contributed by atoms with Crippen molar-refractivity contribution in [2.45, 2.75) is 32.2 Å². The Kier molecular flexibility index (Phi) is 2.24. The van der Waals surface area contributed by atoms with Gasteiger partial charge in [-0.3, -0.25) is 9.36 Å². The van der Waals surface area contributed by atoms with Gasteiger partial charge in [0.25, 0.3) is 5.56 Å². The SMILES string of the molecule is CCc1nc2cccc(F)c2c(=O)n1C1CC1. The predicted molar refractivity (Wildman–Crippen MR) is 63.6 cm³/mol. The first-order valence-electron chi connectivity index (χ1n) is 5.92. The van der Waals surface area contributed by atoms with Gasteiger partial charge in [-0.2, -0.15) is 0 Å². The Morgan fingerprint density at radius 3 is 2.88 bits per heavy atom. The summed E-state index contributed by atoms with van der Waals surface area (Å²) in [5.74, 6) is 0.285. The van der Waals surface area contributed by atoms with Gasteiger partial charge in [0.1, 0.15) is 17.0 Å². The number of fused-ring (bicyclic) bond motifs is 1. The van der Waals surface area contributed by atoms with E-state index in [1.807, 2.05) is 6.92 Å². The Morgan fingerprint density at radius 2 is 2.24 bits per heavy atom. The summed E-state index contributed by atoms with van der Waals surface area (Å²) in [5.41, 5.74) is 0.233. The highest BCUT2D eigenvalue weighted by Gasteiger charge is 2.28. The summed E-state index contributed by atoms with van der Waals surface area (Å²) in [4.78, 5) is 16.7. The molecule has 0 N–H and O–H groups in total. The smallest absolute Gasteiger partial charge is 0.264 e. The predicted octanol–water partition coefficient (Wildman–Crippen LogP) is 2.43. The second kappa shape index (κ2) is 3.65. The van der Waals surface area contributed by atoms with Gasteiger partial charge in [-0.05, 0) is 25.0 Å². The third kappa shape index (κ3) is 1.55. The molecule has 1 aromatic heterocycles. The number of nitrogens with zero attached hydrogens (tertiary/aromatic N) is 2. The molecular formula is C13H13FN2O. The van der Waals surface area contributed by atoms with E-state index in [2.05, 4.69) is 4.98 Å². The fraction of sp³-hybridized carbons (Fsp3) is 0.385. The molecule has 3 rings (SSSR count). The molecule has 88 valence electrons. The van der Waals surface area contributed by atoms with Crippen molar-refractivity contribution in [1.82, 2.24) is 9.55 Å². The zero-order chi connectivity index (χ0) is 12.0. The largest absolute Gasteiger partial charge is 0.293 e. The van der Waals surface area contributed by atoms with Gasteiger partial charge in [-0.25, -0.2) is 9.37 Å². The quantitative estimate of drug-likeness (QED) is 0.797. The molecule has 0 radical (unpaired) electrons. The highest BCUT2D eigenvalue weighted by atomic mass is 19.1. The summed E-state index contributed by atoms with van der Waals surface area (Å²) in [5, 5.41) is 0.122. The summed E-state index contributed by atoms with van der Waals surface area (Å²) in [7, 11) is 0. The maximum Gasteiger partial charge on any atom is 0.264 e. The molecule has 1 aliphatic carbocycles. The Balaban J connectivity index is 2.42. The summed E-state index contributed by atoms with van der Waals surface area (Å²) < 4.78 is 15.4. The van der Waals surface area contributed by atoms with E-state index in [9.17, 15) is 9.18 Å². The van der Waals surface area contributed by atoms with Crippen LogP contribution in [0.1, 0.15) is 31.6 Å². The molecule has 0 atom stereocenters. The first kappa shape index (κ1) is 10.4. The number of rotatable bonds is 2. The molecule has 0 unspecified atom stereocenters. The lowest BCUT2D eigenvalue weighted by Gasteiger charge is -2.11. The molecule has 0 amide bonds. The molecule has 1 aliphatic rings. The Labute approximate surface area is 97.9 Å².